The Kier molecular flexibility index (Phi) is 6.73. The Hall–Kier alpha value is -2.57. The van der Waals surface area contributed by atoms with Crippen LogP contribution in [0.15, 0.2) is 24.3 Å². The first kappa shape index (κ1) is 16.5. The molecule has 114 valence electrons. The molecular formula is C14H19N3O4. The van der Waals surface area contributed by atoms with Gasteiger partial charge in [0, 0.05) is 19.5 Å². The number of hydrogen-bond donors (Lipinski definition) is 4. The van der Waals surface area contributed by atoms with Gasteiger partial charge < -0.3 is 21.5 Å². The first-order valence-corrected chi connectivity index (χ1v) is 6.61. The van der Waals surface area contributed by atoms with Gasteiger partial charge in [-0.25, -0.2) is 9.59 Å². The summed E-state index contributed by atoms with van der Waals surface area (Å²) in [5, 5.41) is 14.1. The number of amides is 3. The minimum atomic E-state index is -0.963. The molecule has 0 radical (unpaired) electrons. The molecule has 0 saturated heterocycles. The van der Waals surface area contributed by atoms with E-state index in [0.717, 1.165) is 5.56 Å². The topological polar surface area (TPSA) is 122 Å². The molecule has 0 aliphatic rings. The first-order chi connectivity index (χ1) is 9.99. The lowest BCUT2D eigenvalue weighted by atomic mass is 10.1. The normalized spacial score (nSPS) is 9.90. The lowest BCUT2D eigenvalue weighted by molar-refractivity contribution is -0.118. The molecule has 0 aromatic heterocycles. The summed E-state index contributed by atoms with van der Waals surface area (Å²) in [6.45, 7) is 0.830. The summed E-state index contributed by atoms with van der Waals surface area (Å²) in [5.41, 5.74) is 6.15. The van der Waals surface area contributed by atoms with E-state index in [0.29, 0.717) is 25.9 Å². The fourth-order valence-electron chi connectivity index (χ4n) is 1.66. The average molecular weight is 293 g/mol. The monoisotopic (exact) mass is 293 g/mol. The standard InChI is InChI=1S/C14H19N3O4/c15-12(18)2-1-8-16-14(21)17-9-7-10-3-5-11(6-4-10)13(19)20/h3-6H,1-2,7-9H2,(H2,15,18)(H,19,20)(H2,16,17,21). The van der Waals surface area contributed by atoms with Crippen LogP contribution in [0.25, 0.3) is 0 Å². The highest BCUT2D eigenvalue weighted by molar-refractivity contribution is 5.87. The second kappa shape index (κ2) is 8.57. The summed E-state index contributed by atoms with van der Waals surface area (Å²) in [4.78, 5) is 32.6. The van der Waals surface area contributed by atoms with Gasteiger partial charge in [-0.1, -0.05) is 12.1 Å². The van der Waals surface area contributed by atoms with E-state index in [-0.39, 0.29) is 23.9 Å². The van der Waals surface area contributed by atoms with E-state index in [2.05, 4.69) is 10.6 Å². The van der Waals surface area contributed by atoms with Crippen LogP contribution >= 0.6 is 0 Å². The molecule has 0 fully saturated rings. The lowest BCUT2D eigenvalue weighted by Gasteiger charge is -2.07. The molecular weight excluding hydrogens is 274 g/mol. The number of nitrogens with one attached hydrogen (secondary N) is 2. The van der Waals surface area contributed by atoms with Crippen molar-refractivity contribution < 1.29 is 19.5 Å². The zero-order valence-corrected chi connectivity index (χ0v) is 11.6. The van der Waals surface area contributed by atoms with E-state index in [1.807, 2.05) is 0 Å². The summed E-state index contributed by atoms with van der Waals surface area (Å²) in [6.07, 6.45) is 1.37. The molecule has 0 atom stereocenters. The quantitative estimate of drug-likeness (QED) is 0.521. The Bertz CT molecular complexity index is 499. The zero-order valence-electron chi connectivity index (χ0n) is 11.6. The molecule has 0 heterocycles. The van der Waals surface area contributed by atoms with Crippen LogP contribution in [0.4, 0.5) is 4.79 Å². The van der Waals surface area contributed by atoms with Crippen LogP contribution in [0.2, 0.25) is 0 Å². The SMILES string of the molecule is NC(=O)CCCNC(=O)NCCc1ccc(C(=O)O)cc1. The molecule has 7 nitrogen and oxygen atoms in total. The Labute approximate surface area is 122 Å². The molecule has 3 amide bonds. The van der Waals surface area contributed by atoms with Crippen molar-refractivity contribution in [1.82, 2.24) is 10.6 Å². The van der Waals surface area contributed by atoms with E-state index in [1.54, 1.807) is 12.1 Å². The molecule has 1 aromatic carbocycles. The number of primary amides is 1. The Balaban J connectivity index is 2.19. The predicted octanol–water partition coefficient (Wildman–Crippen LogP) is 0.492. The molecule has 1 rings (SSSR count). The number of hydrogen-bond acceptors (Lipinski definition) is 3. The highest BCUT2D eigenvalue weighted by Gasteiger charge is 2.03. The van der Waals surface area contributed by atoms with Crippen LogP contribution in [-0.4, -0.2) is 36.1 Å². The number of carbonyl (C=O) groups is 3. The summed E-state index contributed by atoms with van der Waals surface area (Å²) in [5.74, 6) is -1.35. The maximum atomic E-state index is 11.4. The Morgan fingerprint density at radius 3 is 2.24 bits per heavy atom. The van der Waals surface area contributed by atoms with Crippen LogP contribution in [0.5, 0.6) is 0 Å². The fourth-order valence-corrected chi connectivity index (χ4v) is 1.66. The van der Waals surface area contributed by atoms with E-state index < -0.39 is 5.97 Å². The third kappa shape index (κ3) is 6.95. The smallest absolute Gasteiger partial charge is 0.335 e. The van der Waals surface area contributed by atoms with Crippen molar-refractivity contribution in [3.63, 3.8) is 0 Å². The molecule has 0 unspecified atom stereocenters. The molecule has 5 N–H and O–H groups in total. The van der Waals surface area contributed by atoms with Crippen LogP contribution in [0, 0.1) is 0 Å². The number of urea groups is 1. The highest BCUT2D eigenvalue weighted by atomic mass is 16.4. The summed E-state index contributed by atoms with van der Waals surface area (Å²) >= 11 is 0. The highest BCUT2D eigenvalue weighted by Crippen LogP contribution is 2.04. The van der Waals surface area contributed by atoms with Gasteiger partial charge in [0.15, 0.2) is 0 Å². The average Bonchev–Trinajstić information content (AvgIpc) is 2.44. The van der Waals surface area contributed by atoms with Gasteiger partial charge in [0.2, 0.25) is 5.91 Å². The molecule has 0 aliphatic carbocycles. The first-order valence-electron chi connectivity index (χ1n) is 6.61. The third-order valence-electron chi connectivity index (χ3n) is 2.79. The van der Waals surface area contributed by atoms with Crippen molar-refractivity contribution in [1.29, 1.82) is 0 Å². The number of nitrogens with two attached hydrogens (primary N) is 1. The number of benzene rings is 1. The van der Waals surface area contributed by atoms with Crippen LogP contribution < -0.4 is 16.4 Å². The minimum absolute atomic E-state index is 0.235. The molecule has 0 saturated carbocycles. The van der Waals surface area contributed by atoms with Gasteiger partial charge in [-0.3, -0.25) is 4.79 Å². The lowest BCUT2D eigenvalue weighted by Crippen LogP contribution is -2.37. The van der Waals surface area contributed by atoms with Gasteiger partial charge in [-0.15, -0.1) is 0 Å². The molecule has 0 spiro atoms. The van der Waals surface area contributed by atoms with E-state index in [1.165, 1.54) is 12.1 Å². The minimum Gasteiger partial charge on any atom is -0.478 e. The number of carbonyl (C=O) groups excluding carboxylic acids is 2. The van der Waals surface area contributed by atoms with Crippen LogP contribution in [-0.2, 0) is 11.2 Å². The van der Waals surface area contributed by atoms with Gasteiger partial charge >= 0.3 is 12.0 Å². The maximum Gasteiger partial charge on any atom is 0.335 e. The largest absolute Gasteiger partial charge is 0.478 e. The van der Waals surface area contributed by atoms with Crippen molar-refractivity contribution in [2.24, 2.45) is 5.73 Å². The van der Waals surface area contributed by atoms with Gasteiger partial charge in [0.25, 0.3) is 0 Å². The second-order valence-electron chi connectivity index (χ2n) is 4.50. The van der Waals surface area contributed by atoms with Crippen LogP contribution in [0.1, 0.15) is 28.8 Å². The summed E-state index contributed by atoms with van der Waals surface area (Å²) in [6, 6.07) is 6.19. The van der Waals surface area contributed by atoms with Crippen molar-refractivity contribution >= 4 is 17.9 Å². The van der Waals surface area contributed by atoms with Gasteiger partial charge in [-0.2, -0.15) is 0 Å². The second-order valence-corrected chi connectivity index (χ2v) is 4.50. The molecule has 1 aromatic rings. The molecule has 21 heavy (non-hydrogen) atoms. The zero-order chi connectivity index (χ0) is 15.7. The maximum absolute atomic E-state index is 11.4. The van der Waals surface area contributed by atoms with E-state index in [9.17, 15) is 14.4 Å². The van der Waals surface area contributed by atoms with Gasteiger partial charge in [-0.05, 0) is 30.5 Å². The number of rotatable bonds is 8. The van der Waals surface area contributed by atoms with Crippen molar-refractivity contribution in [2.75, 3.05) is 13.1 Å². The number of carboxylic acids is 1. The number of carboxylic acid groups (broad SMARTS) is 1. The van der Waals surface area contributed by atoms with E-state index >= 15 is 0 Å². The molecule has 7 heteroatoms. The Morgan fingerprint density at radius 2 is 1.67 bits per heavy atom. The third-order valence-corrected chi connectivity index (χ3v) is 2.79. The number of aromatic carboxylic acids is 1. The Morgan fingerprint density at radius 1 is 1.05 bits per heavy atom. The summed E-state index contributed by atoms with van der Waals surface area (Å²) in [7, 11) is 0. The van der Waals surface area contributed by atoms with E-state index in [4.69, 9.17) is 10.8 Å². The predicted molar refractivity (Wildman–Crippen MR) is 76.9 cm³/mol. The fraction of sp³-hybridized carbons (Fsp3) is 0.357. The van der Waals surface area contributed by atoms with Crippen molar-refractivity contribution in [3.8, 4) is 0 Å². The van der Waals surface area contributed by atoms with Crippen LogP contribution in [0.3, 0.4) is 0 Å². The van der Waals surface area contributed by atoms with Gasteiger partial charge in [0.1, 0.15) is 0 Å². The molecule has 0 bridgehead atoms. The molecule has 0 aliphatic heterocycles. The summed E-state index contributed by atoms with van der Waals surface area (Å²) < 4.78 is 0. The van der Waals surface area contributed by atoms with Crippen molar-refractivity contribution in [2.45, 2.75) is 19.3 Å². The van der Waals surface area contributed by atoms with Gasteiger partial charge in [0.05, 0.1) is 5.56 Å². The van der Waals surface area contributed by atoms with Crippen molar-refractivity contribution in [3.05, 3.63) is 35.4 Å².